The van der Waals surface area contributed by atoms with Gasteiger partial charge in [0.1, 0.15) is 17.3 Å². The number of benzene rings is 2. The molecule has 0 aliphatic carbocycles. The molecule has 0 radical (unpaired) electrons. The largest absolute Gasteiger partial charge is 0.437 e. The van der Waals surface area contributed by atoms with Crippen molar-refractivity contribution in [3.05, 3.63) is 102 Å². The van der Waals surface area contributed by atoms with Crippen LogP contribution in [0.1, 0.15) is 51.8 Å². The summed E-state index contributed by atoms with van der Waals surface area (Å²) in [5.41, 5.74) is 3.64. The number of aromatic nitrogens is 4. The van der Waals surface area contributed by atoms with Crippen molar-refractivity contribution in [3.63, 3.8) is 0 Å². The van der Waals surface area contributed by atoms with Crippen LogP contribution in [0.15, 0.2) is 73.3 Å². The molecule has 5 rings (SSSR count). The van der Waals surface area contributed by atoms with E-state index in [1.54, 1.807) is 18.6 Å². The van der Waals surface area contributed by atoms with Gasteiger partial charge in [-0.2, -0.15) is 0 Å². The van der Waals surface area contributed by atoms with Gasteiger partial charge in [-0.15, -0.1) is 0 Å². The average molecular weight is 468 g/mol. The molecule has 2 aromatic carbocycles. The lowest BCUT2D eigenvalue weighted by molar-refractivity contribution is 0.0703. The maximum atomic E-state index is 13.7. The van der Waals surface area contributed by atoms with Crippen LogP contribution in [-0.4, -0.2) is 43.4 Å². The number of aryl methyl sites for hydroxylation is 2. The van der Waals surface area contributed by atoms with Crippen molar-refractivity contribution >= 4 is 5.91 Å². The van der Waals surface area contributed by atoms with E-state index in [1.807, 2.05) is 73.5 Å². The number of carbonyl (C=O) groups excluding carboxylic acids is 1. The number of nitrogens with zero attached hydrogens (tertiary/aromatic N) is 5. The standard InChI is InChI=1S/C28H29N5O2/c1-20-7-5-10-24(17-20)35-27-26(30-12-13-31-27)23-9-6-15-33(19-23)28(34)25-11-4-3-8-22(25)18-32-16-14-29-21(32)2/h3-5,7-8,10-14,16-17,23H,6,9,15,18-19H2,1-2H3/t23-/m1/s1. The molecular formula is C28H29N5O2. The monoisotopic (exact) mass is 467 g/mol. The third-order valence-corrected chi connectivity index (χ3v) is 6.50. The maximum Gasteiger partial charge on any atom is 0.254 e. The van der Waals surface area contributed by atoms with Crippen LogP contribution in [0.3, 0.4) is 0 Å². The van der Waals surface area contributed by atoms with Gasteiger partial charge in [0.25, 0.3) is 5.91 Å². The molecule has 1 saturated heterocycles. The Bertz CT molecular complexity index is 1330. The van der Waals surface area contributed by atoms with Crippen LogP contribution in [0.5, 0.6) is 11.6 Å². The first-order valence-electron chi connectivity index (χ1n) is 12.0. The smallest absolute Gasteiger partial charge is 0.254 e. The zero-order valence-corrected chi connectivity index (χ0v) is 20.1. The number of likely N-dealkylation sites (tertiary alicyclic amines) is 1. The molecule has 0 unspecified atom stereocenters. The number of piperidine rings is 1. The molecular weight excluding hydrogens is 438 g/mol. The van der Waals surface area contributed by atoms with Gasteiger partial charge >= 0.3 is 0 Å². The van der Waals surface area contributed by atoms with Crippen molar-refractivity contribution in [2.24, 2.45) is 0 Å². The van der Waals surface area contributed by atoms with Gasteiger partial charge in [0.15, 0.2) is 0 Å². The van der Waals surface area contributed by atoms with E-state index in [4.69, 9.17) is 4.74 Å². The molecule has 0 saturated carbocycles. The summed E-state index contributed by atoms with van der Waals surface area (Å²) < 4.78 is 8.18. The lowest BCUT2D eigenvalue weighted by atomic mass is 9.93. The highest BCUT2D eigenvalue weighted by Gasteiger charge is 2.29. The Labute approximate surface area is 205 Å². The minimum atomic E-state index is 0.0492. The second-order valence-electron chi connectivity index (χ2n) is 9.02. The molecule has 7 heteroatoms. The second-order valence-corrected chi connectivity index (χ2v) is 9.02. The highest BCUT2D eigenvalue weighted by atomic mass is 16.5. The zero-order valence-electron chi connectivity index (χ0n) is 20.1. The van der Waals surface area contributed by atoms with Crippen LogP contribution >= 0.6 is 0 Å². The topological polar surface area (TPSA) is 73.1 Å². The van der Waals surface area contributed by atoms with E-state index in [2.05, 4.69) is 19.5 Å². The molecule has 1 aliphatic heterocycles. The minimum absolute atomic E-state index is 0.0492. The second kappa shape index (κ2) is 10.1. The first-order valence-corrected chi connectivity index (χ1v) is 12.0. The van der Waals surface area contributed by atoms with Crippen molar-refractivity contribution < 1.29 is 9.53 Å². The minimum Gasteiger partial charge on any atom is -0.437 e. The van der Waals surface area contributed by atoms with Gasteiger partial charge in [-0.25, -0.2) is 9.97 Å². The summed E-state index contributed by atoms with van der Waals surface area (Å²) in [6.45, 7) is 5.92. The molecule has 1 atom stereocenters. The van der Waals surface area contributed by atoms with E-state index in [9.17, 15) is 4.79 Å². The maximum absolute atomic E-state index is 13.7. The van der Waals surface area contributed by atoms with Crippen LogP contribution < -0.4 is 4.74 Å². The number of ether oxygens (including phenoxy) is 1. The molecule has 3 heterocycles. The number of hydrogen-bond acceptors (Lipinski definition) is 5. The molecule has 178 valence electrons. The lowest BCUT2D eigenvalue weighted by Crippen LogP contribution is -2.39. The summed E-state index contributed by atoms with van der Waals surface area (Å²) in [6, 6.07) is 15.7. The molecule has 1 aliphatic rings. The zero-order chi connectivity index (χ0) is 24.2. The lowest BCUT2D eigenvalue weighted by Gasteiger charge is -2.33. The third-order valence-electron chi connectivity index (χ3n) is 6.50. The summed E-state index contributed by atoms with van der Waals surface area (Å²) in [7, 11) is 0. The van der Waals surface area contributed by atoms with Crippen molar-refractivity contribution in [3.8, 4) is 11.6 Å². The summed E-state index contributed by atoms with van der Waals surface area (Å²) in [5.74, 6) is 2.28. The Kier molecular flexibility index (Phi) is 6.57. The fourth-order valence-corrected chi connectivity index (χ4v) is 4.66. The summed E-state index contributed by atoms with van der Waals surface area (Å²) >= 11 is 0. The number of imidazole rings is 1. The van der Waals surface area contributed by atoms with Crippen molar-refractivity contribution in [2.75, 3.05) is 13.1 Å². The first-order chi connectivity index (χ1) is 17.1. The third kappa shape index (κ3) is 5.09. The number of rotatable bonds is 6. The van der Waals surface area contributed by atoms with Gasteiger partial charge in [-0.3, -0.25) is 9.78 Å². The van der Waals surface area contributed by atoms with Crippen LogP contribution in [0, 0.1) is 13.8 Å². The molecule has 0 spiro atoms. The van der Waals surface area contributed by atoms with Crippen LogP contribution in [0.25, 0.3) is 0 Å². The molecule has 35 heavy (non-hydrogen) atoms. The summed E-state index contributed by atoms with van der Waals surface area (Å²) in [6.07, 6.45) is 8.91. The van der Waals surface area contributed by atoms with Crippen LogP contribution in [0.4, 0.5) is 0 Å². The molecule has 4 aromatic rings. The Morgan fingerprint density at radius 1 is 1.03 bits per heavy atom. The average Bonchev–Trinajstić information content (AvgIpc) is 3.28. The van der Waals surface area contributed by atoms with E-state index >= 15 is 0 Å². The fraction of sp³-hybridized carbons (Fsp3) is 0.286. The van der Waals surface area contributed by atoms with Crippen molar-refractivity contribution in [1.82, 2.24) is 24.4 Å². The quantitative estimate of drug-likeness (QED) is 0.392. The molecule has 1 amide bonds. The number of hydrogen-bond donors (Lipinski definition) is 0. The van der Waals surface area contributed by atoms with E-state index in [0.29, 0.717) is 19.0 Å². The van der Waals surface area contributed by atoms with E-state index in [-0.39, 0.29) is 11.8 Å². The predicted molar refractivity (Wildman–Crippen MR) is 134 cm³/mol. The van der Waals surface area contributed by atoms with Gasteiger partial charge in [-0.1, -0.05) is 30.3 Å². The predicted octanol–water partition coefficient (Wildman–Crippen LogP) is 5.15. The molecule has 0 N–H and O–H groups in total. The molecule has 7 nitrogen and oxygen atoms in total. The Morgan fingerprint density at radius 2 is 1.89 bits per heavy atom. The normalized spacial score (nSPS) is 15.7. The van der Waals surface area contributed by atoms with E-state index in [1.165, 1.54) is 0 Å². The van der Waals surface area contributed by atoms with Crippen molar-refractivity contribution in [1.29, 1.82) is 0 Å². The van der Waals surface area contributed by atoms with Gasteiger partial charge in [-0.05, 0) is 56.0 Å². The highest BCUT2D eigenvalue weighted by Crippen LogP contribution is 2.33. The highest BCUT2D eigenvalue weighted by molar-refractivity contribution is 5.95. The van der Waals surface area contributed by atoms with Gasteiger partial charge in [0.05, 0.1) is 0 Å². The Morgan fingerprint density at radius 3 is 2.71 bits per heavy atom. The summed E-state index contributed by atoms with van der Waals surface area (Å²) in [4.78, 5) is 29.0. The van der Waals surface area contributed by atoms with E-state index in [0.717, 1.165) is 53.3 Å². The van der Waals surface area contributed by atoms with Crippen LogP contribution in [0.2, 0.25) is 0 Å². The molecule has 1 fully saturated rings. The van der Waals surface area contributed by atoms with E-state index < -0.39 is 0 Å². The Balaban J connectivity index is 1.36. The Hall–Kier alpha value is -4.00. The number of amides is 1. The SMILES string of the molecule is Cc1cccc(Oc2nccnc2[C@@H]2CCCN(C(=O)c3ccccc3Cn3ccnc3C)C2)c1. The first kappa shape index (κ1) is 22.8. The molecule has 0 bridgehead atoms. The van der Waals surface area contributed by atoms with Crippen LogP contribution in [-0.2, 0) is 6.54 Å². The van der Waals surface area contributed by atoms with Gasteiger partial charge in [0, 0.05) is 55.9 Å². The fourth-order valence-electron chi connectivity index (χ4n) is 4.66. The van der Waals surface area contributed by atoms with Gasteiger partial charge < -0.3 is 14.2 Å². The number of carbonyl (C=O) groups is 1. The van der Waals surface area contributed by atoms with Crippen molar-refractivity contribution in [2.45, 2.75) is 39.2 Å². The summed E-state index contributed by atoms with van der Waals surface area (Å²) in [5, 5.41) is 0. The molecule has 2 aromatic heterocycles. The van der Waals surface area contributed by atoms with Gasteiger partial charge in [0.2, 0.25) is 5.88 Å².